The van der Waals surface area contributed by atoms with E-state index in [1.54, 1.807) is 0 Å². The highest BCUT2D eigenvalue weighted by molar-refractivity contribution is 9.10. The Morgan fingerprint density at radius 2 is 2.04 bits per heavy atom. The molecule has 6 heteroatoms. The summed E-state index contributed by atoms with van der Waals surface area (Å²) in [7, 11) is 0. The van der Waals surface area contributed by atoms with Crippen molar-refractivity contribution in [1.82, 2.24) is 15.5 Å². The summed E-state index contributed by atoms with van der Waals surface area (Å²) < 4.78 is 1.11. The van der Waals surface area contributed by atoms with Crippen molar-refractivity contribution in [3.05, 3.63) is 28.7 Å². The highest BCUT2D eigenvalue weighted by Gasteiger charge is 2.24. The van der Waals surface area contributed by atoms with Gasteiger partial charge in [-0.3, -0.25) is 0 Å². The molecule has 0 spiro atoms. The van der Waals surface area contributed by atoms with Crippen LogP contribution in [0.4, 0.5) is 10.5 Å². The van der Waals surface area contributed by atoms with Gasteiger partial charge in [0.15, 0.2) is 0 Å². The van der Waals surface area contributed by atoms with Gasteiger partial charge in [-0.05, 0) is 49.9 Å². The smallest absolute Gasteiger partial charge is 0.315 e. The van der Waals surface area contributed by atoms with Gasteiger partial charge in [-0.25, -0.2) is 4.79 Å². The van der Waals surface area contributed by atoms with Crippen LogP contribution in [0.3, 0.4) is 0 Å². The van der Waals surface area contributed by atoms with Gasteiger partial charge in [-0.15, -0.1) is 0 Å². The Morgan fingerprint density at radius 1 is 1.24 bits per heavy atom. The Morgan fingerprint density at radius 3 is 2.76 bits per heavy atom. The maximum Gasteiger partial charge on any atom is 0.315 e. The van der Waals surface area contributed by atoms with Crippen LogP contribution in [-0.4, -0.2) is 56.2 Å². The number of urea groups is 1. The van der Waals surface area contributed by atoms with Crippen molar-refractivity contribution in [3.8, 4) is 0 Å². The molecule has 2 saturated heterocycles. The molecule has 5 nitrogen and oxygen atoms in total. The van der Waals surface area contributed by atoms with E-state index < -0.39 is 0 Å². The normalized spacial score (nSPS) is 22.2. The predicted molar refractivity (Wildman–Crippen MR) is 106 cm³/mol. The summed E-state index contributed by atoms with van der Waals surface area (Å²) in [5.41, 5.74) is 1.25. The molecule has 2 fully saturated rings. The van der Waals surface area contributed by atoms with Crippen molar-refractivity contribution in [1.29, 1.82) is 0 Å². The van der Waals surface area contributed by atoms with Gasteiger partial charge >= 0.3 is 6.03 Å². The standard InChI is InChI=1S/C19H29BrN4O/c1-2-23-9-7-17(8-10-23)22-19(25)21-13-15-6-11-24(14-15)18-5-3-4-16(20)12-18/h3-5,12,15,17H,2,6-11,13-14H2,1H3,(H2,21,22,25)/t15-/m1/s1. The molecule has 2 amide bonds. The third-order valence-electron chi connectivity index (χ3n) is 5.38. The van der Waals surface area contributed by atoms with Crippen molar-refractivity contribution < 1.29 is 4.79 Å². The molecular formula is C19H29BrN4O. The van der Waals surface area contributed by atoms with Gasteiger partial charge in [0, 0.05) is 48.9 Å². The summed E-state index contributed by atoms with van der Waals surface area (Å²) in [5, 5.41) is 6.22. The number of amides is 2. The molecule has 0 unspecified atom stereocenters. The zero-order valence-corrected chi connectivity index (χ0v) is 16.6. The highest BCUT2D eigenvalue weighted by Crippen LogP contribution is 2.25. The second kappa shape index (κ2) is 8.90. The SMILES string of the molecule is CCN1CCC(NC(=O)NC[C@H]2CCN(c3cccc(Br)c3)C2)CC1. The van der Waals surface area contributed by atoms with Crippen molar-refractivity contribution in [3.63, 3.8) is 0 Å². The number of carbonyl (C=O) groups excluding carboxylic acids is 1. The second-order valence-electron chi connectivity index (χ2n) is 7.14. The maximum atomic E-state index is 12.2. The van der Waals surface area contributed by atoms with E-state index in [2.05, 4.69) is 61.5 Å². The van der Waals surface area contributed by atoms with Gasteiger partial charge in [0.25, 0.3) is 0 Å². The van der Waals surface area contributed by atoms with Gasteiger partial charge in [-0.2, -0.15) is 0 Å². The molecule has 0 radical (unpaired) electrons. The fourth-order valence-corrected chi connectivity index (χ4v) is 4.16. The first-order valence-corrected chi connectivity index (χ1v) is 10.2. The highest BCUT2D eigenvalue weighted by atomic mass is 79.9. The number of piperidine rings is 1. The summed E-state index contributed by atoms with van der Waals surface area (Å²) in [4.78, 5) is 17.0. The summed E-state index contributed by atoms with van der Waals surface area (Å²) >= 11 is 3.53. The second-order valence-corrected chi connectivity index (χ2v) is 8.06. The van der Waals surface area contributed by atoms with E-state index in [0.717, 1.165) is 63.0 Å². The zero-order valence-electron chi connectivity index (χ0n) is 15.0. The van der Waals surface area contributed by atoms with Crippen LogP contribution >= 0.6 is 15.9 Å². The number of hydrogen-bond acceptors (Lipinski definition) is 3. The van der Waals surface area contributed by atoms with Crippen LogP contribution in [0.2, 0.25) is 0 Å². The van der Waals surface area contributed by atoms with Gasteiger partial charge in [0.05, 0.1) is 0 Å². The van der Waals surface area contributed by atoms with Crippen molar-refractivity contribution >= 4 is 27.6 Å². The molecule has 1 atom stereocenters. The fourth-order valence-electron chi connectivity index (χ4n) is 3.77. The minimum atomic E-state index is -0.00384. The number of nitrogens with zero attached hydrogens (tertiary/aromatic N) is 2. The van der Waals surface area contributed by atoms with E-state index in [-0.39, 0.29) is 6.03 Å². The summed E-state index contributed by atoms with van der Waals surface area (Å²) in [6.45, 7) is 8.29. The van der Waals surface area contributed by atoms with Gasteiger partial charge < -0.3 is 20.4 Å². The Kier molecular flexibility index (Phi) is 6.59. The lowest BCUT2D eigenvalue weighted by molar-refractivity contribution is 0.198. The molecule has 1 aromatic rings. The van der Waals surface area contributed by atoms with Crippen LogP contribution in [0.25, 0.3) is 0 Å². The molecule has 2 heterocycles. The summed E-state index contributed by atoms with van der Waals surface area (Å²) in [6, 6.07) is 8.75. The maximum absolute atomic E-state index is 12.2. The third-order valence-corrected chi connectivity index (χ3v) is 5.87. The van der Waals surface area contributed by atoms with Gasteiger partial charge in [0.2, 0.25) is 0 Å². The van der Waals surface area contributed by atoms with E-state index in [0.29, 0.717) is 12.0 Å². The first-order chi connectivity index (χ1) is 12.1. The van der Waals surface area contributed by atoms with Crippen molar-refractivity contribution in [2.24, 2.45) is 5.92 Å². The van der Waals surface area contributed by atoms with E-state index in [4.69, 9.17) is 0 Å². The van der Waals surface area contributed by atoms with E-state index in [1.165, 1.54) is 5.69 Å². The lowest BCUT2D eigenvalue weighted by Crippen LogP contribution is -2.48. The Balaban J connectivity index is 1.37. The molecule has 0 bridgehead atoms. The quantitative estimate of drug-likeness (QED) is 0.786. The number of carbonyl (C=O) groups is 1. The van der Waals surface area contributed by atoms with E-state index in [9.17, 15) is 4.79 Å². The van der Waals surface area contributed by atoms with E-state index in [1.807, 2.05) is 6.07 Å². The molecule has 1 aromatic carbocycles. The lowest BCUT2D eigenvalue weighted by atomic mass is 10.1. The number of halogens is 1. The van der Waals surface area contributed by atoms with Crippen LogP contribution in [0, 0.1) is 5.92 Å². The van der Waals surface area contributed by atoms with Crippen LogP contribution in [0.5, 0.6) is 0 Å². The first kappa shape index (κ1) is 18.5. The molecular weight excluding hydrogens is 380 g/mol. The fraction of sp³-hybridized carbons (Fsp3) is 0.632. The molecule has 0 aromatic heterocycles. The lowest BCUT2D eigenvalue weighted by Gasteiger charge is -2.31. The number of rotatable bonds is 5. The van der Waals surface area contributed by atoms with Crippen LogP contribution in [0.1, 0.15) is 26.2 Å². The monoisotopic (exact) mass is 408 g/mol. The zero-order chi connectivity index (χ0) is 17.6. The predicted octanol–water partition coefficient (Wildman–Crippen LogP) is 3.06. The van der Waals surface area contributed by atoms with Crippen LogP contribution in [0.15, 0.2) is 28.7 Å². The number of hydrogen-bond donors (Lipinski definition) is 2. The Labute approximate surface area is 159 Å². The topological polar surface area (TPSA) is 47.6 Å². The van der Waals surface area contributed by atoms with Crippen molar-refractivity contribution in [2.75, 3.05) is 44.2 Å². The molecule has 2 aliphatic rings. The van der Waals surface area contributed by atoms with Crippen molar-refractivity contribution in [2.45, 2.75) is 32.2 Å². The van der Waals surface area contributed by atoms with Gasteiger partial charge in [0.1, 0.15) is 0 Å². The molecule has 138 valence electrons. The molecule has 25 heavy (non-hydrogen) atoms. The largest absolute Gasteiger partial charge is 0.371 e. The van der Waals surface area contributed by atoms with Crippen LogP contribution < -0.4 is 15.5 Å². The summed E-state index contributed by atoms with van der Waals surface area (Å²) in [6.07, 6.45) is 3.24. The third kappa shape index (κ3) is 5.35. The molecule has 0 saturated carbocycles. The van der Waals surface area contributed by atoms with E-state index >= 15 is 0 Å². The number of nitrogens with one attached hydrogen (secondary N) is 2. The molecule has 2 aliphatic heterocycles. The minimum absolute atomic E-state index is 0.00384. The number of likely N-dealkylation sites (tertiary alicyclic amines) is 1. The summed E-state index contributed by atoms with van der Waals surface area (Å²) in [5.74, 6) is 0.520. The number of anilines is 1. The molecule has 3 rings (SSSR count). The Bertz CT molecular complexity index is 574. The Hall–Kier alpha value is -1.27. The minimum Gasteiger partial charge on any atom is -0.371 e. The number of benzene rings is 1. The molecule has 2 N–H and O–H groups in total. The van der Waals surface area contributed by atoms with Crippen LogP contribution in [-0.2, 0) is 0 Å². The molecule has 0 aliphatic carbocycles. The average molecular weight is 409 g/mol. The van der Waals surface area contributed by atoms with Gasteiger partial charge in [-0.1, -0.05) is 28.9 Å². The first-order valence-electron chi connectivity index (χ1n) is 9.41. The average Bonchev–Trinajstić information content (AvgIpc) is 3.10.